The van der Waals surface area contributed by atoms with Crippen LogP contribution < -0.4 is 15.9 Å². The predicted molar refractivity (Wildman–Crippen MR) is 126 cm³/mol. The van der Waals surface area contributed by atoms with E-state index in [4.69, 9.17) is 4.98 Å². The molecule has 3 aromatic heterocycles. The van der Waals surface area contributed by atoms with Gasteiger partial charge in [0.25, 0.3) is 0 Å². The van der Waals surface area contributed by atoms with Gasteiger partial charge in [0.1, 0.15) is 18.4 Å². The van der Waals surface area contributed by atoms with Crippen LogP contribution >= 0.6 is 11.3 Å². The first-order chi connectivity index (χ1) is 15.5. The molecule has 1 aliphatic heterocycles. The van der Waals surface area contributed by atoms with Crippen molar-refractivity contribution in [2.24, 2.45) is 0 Å². The number of rotatable bonds is 4. The summed E-state index contributed by atoms with van der Waals surface area (Å²) in [4.78, 5) is 37.7. The van der Waals surface area contributed by atoms with Crippen LogP contribution in [0.25, 0.3) is 16.0 Å². The lowest BCUT2D eigenvalue weighted by Crippen LogP contribution is -2.28. The Bertz CT molecular complexity index is 1340. The molecule has 9 nitrogen and oxygen atoms in total. The van der Waals surface area contributed by atoms with Gasteiger partial charge in [0, 0.05) is 18.8 Å². The summed E-state index contributed by atoms with van der Waals surface area (Å²) in [6.45, 7) is 5.73. The van der Waals surface area contributed by atoms with Crippen LogP contribution in [0.5, 0.6) is 0 Å². The van der Waals surface area contributed by atoms with Gasteiger partial charge in [-0.15, -0.1) is 5.10 Å². The quantitative estimate of drug-likeness (QED) is 0.512. The van der Waals surface area contributed by atoms with E-state index in [1.165, 1.54) is 39.6 Å². The first-order valence-corrected chi connectivity index (χ1v) is 11.7. The van der Waals surface area contributed by atoms with Crippen LogP contribution in [0, 0.1) is 13.8 Å². The van der Waals surface area contributed by atoms with Crippen LogP contribution in [0.4, 0.5) is 10.8 Å². The van der Waals surface area contributed by atoms with E-state index < -0.39 is 5.69 Å². The highest BCUT2D eigenvalue weighted by molar-refractivity contribution is 7.21. The molecule has 1 aromatic carbocycles. The molecular weight excluding hydrogens is 426 g/mol. The van der Waals surface area contributed by atoms with E-state index in [-0.39, 0.29) is 12.5 Å². The van der Waals surface area contributed by atoms with Crippen molar-refractivity contribution in [1.29, 1.82) is 0 Å². The first-order valence-electron chi connectivity index (χ1n) is 10.9. The van der Waals surface area contributed by atoms with Crippen LogP contribution in [0.15, 0.2) is 29.3 Å². The number of amides is 1. The lowest BCUT2D eigenvalue weighted by atomic mass is 10.1. The maximum Gasteiger partial charge on any atom is 0.352 e. The average molecular weight is 452 g/mol. The maximum atomic E-state index is 12.8. The van der Waals surface area contributed by atoms with Crippen LogP contribution in [-0.4, -0.2) is 43.1 Å². The minimum Gasteiger partial charge on any atom is -0.348 e. The molecule has 4 aromatic rings. The zero-order chi connectivity index (χ0) is 22.2. The van der Waals surface area contributed by atoms with Crippen molar-refractivity contribution in [2.75, 3.05) is 23.3 Å². The normalized spacial score (nSPS) is 14.8. The summed E-state index contributed by atoms with van der Waals surface area (Å²) in [5, 5.41) is 8.19. The predicted octanol–water partition coefficient (Wildman–Crippen LogP) is 3.14. The van der Waals surface area contributed by atoms with Crippen molar-refractivity contribution in [3.8, 4) is 0 Å². The second-order valence-corrected chi connectivity index (χ2v) is 9.31. The molecule has 0 bridgehead atoms. The molecule has 1 amide bonds. The number of thiazole rings is 1. The zero-order valence-corrected chi connectivity index (χ0v) is 19.0. The number of anilines is 2. The Hall–Kier alpha value is -3.27. The topological polar surface area (TPSA) is 97.4 Å². The van der Waals surface area contributed by atoms with Gasteiger partial charge in [-0.25, -0.2) is 23.8 Å². The summed E-state index contributed by atoms with van der Waals surface area (Å²) in [5.74, 6) is -0.312. The van der Waals surface area contributed by atoms with E-state index in [9.17, 15) is 9.59 Å². The highest BCUT2D eigenvalue weighted by Crippen LogP contribution is 2.30. The fourth-order valence-electron chi connectivity index (χ4n) is 4.21. The lowest BCUT2D eigenvalue weighted by molar-refractivity contribution is -0.117. The molecule has 0 aliphatic carbocycles. The molecule has 10 heteroatoms. The summed E-state index contributed by atoms with van der Waals surface area (Å²) in [5.41, 5.74) is 3.44. The summed E-state index contributed by atoms with van der Waals surface area (Å²) in [6, 6.07) is 5.82. The van der Waals surface area contributed by atoms with Crippen molar-refractivity contribution in [3.63, 3.8) is 0 Å². The number of nitrogens with one attached hydrogen (secondary N) is 1. The van der Waals surface area contributed by atoms with Gasteiger partial charge in [0.05, 0.1) is 0 Å². The van der Waals surface area contributed by atoms with E-state index in [0.29, 0.717) is 16.9 Å². The van der Waals surface area contributed by atoms with Gasteiger partial charge in [-0.1, -0.05) is 30.2 Å². The number of hydrogen-bond acceptors (Lipinski definition) is 7. The number of nitrogens with zero attached hydrogens (tertiary/aromatic N) is 6. The van der Waals surface area contributed by atoms with Crippen LogP contribution in [0.2, 0.25) is 0 Å². The van der Waals surface area contributed by atoms with Gasteiger partial charge in [-0.3, -0.25) is 4.79 Å². The Morgan fingerprint density at radius 2 is 1.81 bits per heavy atom. The second-order valence-electron chi connectivity index (χ2n) is 8.35. The Morgan fingerprint density at radius 1 is 1.09 bits per heavy atom. The second kappa shape index (κ2) is 8.34. The van der Waals surface area contributed by atoms with E-state index in [0.717, 1.165) is 47.0 Å². The highest BCUT2D eigenvalue weighted by atomic mass is 32.1. The van der Waals surface area contributed by atoms with Crippen molar-refractivity contribution in [3.05, 3.63) is 46.1 Å². The van der Waals surface area contributed by atoms with Crippen molar-refractivity contribution < 1.29 is 4.79 Å². The summed E-state index contributed by atoms with van der Waals surface area (Å²) in [6.07, 6.45) is 6.27. The summed E-state index contributed by atoms with van der Waals surface area (Å²) >= 11 is 1.52. The minimum atomic E-state index is -0.408. The molecular formula is C22H25N7O2S. The Balaban J connectivity index is 1.44. The lowest BCUT2D eigenvalue weighted by Gasteiger charge is -2.18. The fourth-order valence-corrected chi connectivity index (χ4v) is 5.17. The molecule has 4 heterocycles. The van der Waals surface area contributed by atoms with Crippen molar-refractivity contribution >= 4 is 44.1 Å². The van der Waals surface area contributed by atoms with E-state index in [1.54, 1.807) is 0 Å². The number of aromatic nitrogens is 5. The number of carbonyl (C=O) groups excluding carboxylic acids is 1. The van der Waals surface area contributed by atoms with Crippen molar-refractivity contribution in [2.45, 2.75) is 46.1 Å². The fraction of sp³-hybridized carbons (Fsp3) is 0.409. The van der Waals surface area contributed by atoms with Crippen LogP contribution in [0.1, 0.15) is 36.8 Å². The minimum absolute atomic E-state index is 0.182. The Kier molecular flexibility index (Phi) is 5.38. The molecule has 1 N–H and O–H groups in total. The zero-order valence-electron chi connectivity index (χ0n) is 18.2. The van der Waals surface area contributed by atoms with Crippen LogP contribution in [-0.2, 0) is 11.3 Å². The molecule has 0 atom stereocenters. The third-order valence-corrected chi connectivity index (χ3v) is 6.67. The van der Waals surface area contributed by atoms with Gasteiger partial charge in [0.15, 0.2) is 15.6 Å². The first kappa shape index (κ1) is 20.6. The Morgan fingerprint density at radius 3 is 2.53 bits per heavy atom. The van der Waals surface area contributed by atoms with Crippen molar-refractivity contribution in [1.82, 2.24) is 24.1 Å². The van der Waals surface area contributed by atoms with Gasteiger partial charge in [-0.05, 0) is 49.9 Å². The molecule has 0 saturated carbocycles. The van der Waals surface area contributed by atoms with E-state index in [2.05, 4.69) is 20.3 Å². The molecule has 5 rings (SSSR count). The SMILES string of the molecule is Cc1cc(C)cc(NC(=O)Cn2nc3c4nc(N5CCCCCC5)sc4ncn3c2=O)c1. The molecule has 32 heavy (non-hydrogen) atoms. The summed E-state index contributed by atoms with van der Waals surface area (Å²) < 4.78 is 2.53. The maximum absolute atomic E-state index is 12.8. The number of benzene rings is 1. The van der Waals surface area contributed by atoms with E-state index in [1.807, 2.05) is 32.0 Å². The van der Waals surface area contributed by atoms with Gasteiger partial charge >= 0.3 is 5.69 Å². The molecule has 1 saturated heterocycles. The largest absolute Gasteiger partial charge is 0.352 e. The molecule has 166 valence electrons. The molecule has 0 spiro atoms. The molecule has 1 aliphatic rings. The highest BCUT2D eigenvalue weighted by Gasteiger charge is 2.19. The van der Waals surface area contributed by atoms with Gasteiger partial charge in [-0.2, -0.15) is 0 Å². The van der Waals surface area contributed by atoms with Crippen LogP contribution in [0.3, 0.4) is 0 Å². The van der Waals surface area contributed by atoms with Gasteiger partial charge < -0.3 is 10.2 Å². The molecule has 1 fully saturated rings. The third kappa shape index (κ3) is 3.97. The van der Waals surface area contributed by atoms with E-state index >= 15 is 0 Å². The molecule has 0 unspecified atom stereocenters. The monoisotopic (exact) mass is 451 g/mol. The smallest absolute Gasteiger partial charge is 0.348 e. The number of carbonyl (C=O) groups is 1. The van der Waals surface area contributed by atoms with Gasteiger partial charge in [0.2, 0.25) is 5.91 Å². The number of fused-ring (bicyclic) bond motifs is 3. The average Bonchev–Trinajstić information content (AvgIpc) is 3.17. The Labute approximate surface area is 188 Å². The summed E-state index contributed by atoms with van der Waals surface area (Å²) in [7, 11) is 0. The number of aryl methyl sites for hydroxylation is 2. The molecule has 0 radical (unpaired) electrons. The number of hydrogen-bond donors (Lipinski definition) is 1. The third-order valence-electron chi connectivity index (χ3n) is 5.65. The standard InChI is InChI=1S/C22H25N7O2S/c1-14-9-15(2)11-16(10-14)24-17(30)12-29-22(31)28-13-23-20-18(19(28)26-29)25-21(32-20)27-7-5-3-4-6-8-27/h9-11,13H,3-8,12H2,1-2H3,(H,24,30).